The number of methoxy groups -OCH3 is 1. The zero-order valence-electron chi connectivity index (χ0n) is 17.6. The number of carbonyl (C=O) groups excluding carboxylic acids is 1. The molecular weight excluding hydrogens is 416 g/mol. The van der Waals surface area contributed by atoms with Crippen LogP contribution in [-0.4, -0.2) is 34.7 Å². The molecular formula is C23H23ClN4O3. The van der Waals surface area contributed by atoms with Gasteiger partial charge in [0, 0.05) is 22.8 Å². The van der Waals surface area contributed by atoms with Crippen LogP contribution in [-0.2, 0) is 0 Å². The number of hydrogen-bond acceptors (Lipinski definition) is 5. The first-order valence-electron chi connectivity index (χ1n) is 10.0. The Morgan fingerprint density at radius 1 is 1.23 bits per heavy atom. The summed E-state index contributed by atoms with van der Waals surface area (Å²) in [5, 5.41) is 7.83. The van der Waals surface area contributed by atoms with Crippen molar-refractivity contribution >= 4 is 23.2 Å². The largest absolute Gasteiger partial charge is 0.497 e. The Hall–Kier alpha value is -3.32. The van der Waals surface area contributed by atoms with Gasteiger partial charge in [-0.15, -0.1) is 0 Å². The highest BCUT2D eigenvalue weighted by atomic mass is 35.5. The first kappa shape index (κ1) is 20.9. The van der Waals surface area contributed by atoms with Crippen molar-refractivity contribution in [1.82, 2.24) is 20.4 Å². The summed E-state index contributed by atoms with van der Waals surface area (Å²) in [6, 6.07) is 14.2. The zero-order chi connectivity index (χ0) is 22.0. The van der Waals surface area contributed by atoms with Crippen molar-refractivity contribution in [2.45, 2.75) is 26.3 Å². The summed E-state index contributed by atoms with van der Waals surface area (Å²) in [6.45, 7) is 4.52. The summed E-state index contributed by atoms with van der Waals surface area (Å²) in [6.07, 6.45) is 0.822. The third-order valence-corrected chi connectivity index (χ3v) is 5.47. The van der Waals surface area contributed by atoms with E-state index in [0.29, 0.717) is 23.3 Å². The SMILES string of the molecule is CCCN1C(=O)NC(c2ccc(OC)cc2)C(c2nc(-c3cccc(Cl)c3)no2)=C1C. The lowest BCUT2D eigenvalue weighted by atomic mass is 9.94. The van der Waals surface area contributed by atoms with E-state index in [2.05, 4.69) is 15.5 Å². The molecule has 7 nitrogen and oxygen atoms in total. The minimum atomic E-state index is -0.431. The van der Waals surface area contributed by atoms with E-state index in [9.17, 15) is 4.79 Å². The lowest BCUT2D eigenvalue weighted by Crippen LogP contribution is -2.46. The van der Waals surface area contributed by atoms with Crippen LogP contribution in [0.25, 0.3) is 17.0 Å². The van der Waals surface area contributed by atoms with Crippen LogP contribution in [0.1, 0.15) is 37.8 Å². The van der Waals surface area contributed by atoms with Gasteiger partial charge in [0.1, 0.15) is 5.75 Å². The maximum Gasteiger partial charge on any atom is 0.322 e. The van der Waals surface area contributed by atoms with E-state index in [1.807, 2.05) is 50.2 Å². The Morgan fingerprint density at radius 3 is 2.68 bits per heavy atom. The number of amides is 2. The molecule has 0 aliphatic carbocycles. The Bertz CT molecular complexity index is 1120. The van der Waals surface area contributed by atoms with E-state index in [4.69, 9.17) is 20.9 Å². The molecule has 1 aromatic heterocycles. The number of allylic oxidation sites excluding steroid dienone is 1. The minimum absolute atomic E-state index is 0.154. The van der Waals surface area contributed by atoms with Crippen LogP contribution >= 0.6 is 11.6 Å². The molecule has 2 heterocycles. The molecule has 1 aliphatic heterocycles. The monoisotopic (exact) mass is 438 g/mol. The maximum absolute atomic E-state index is 12.8. The van der Waals surface area contributed by atoms with Crippen molar-refractivity contribution in [1.29, 1.82) is 0 Å². The van der Waals surface area contributed by atoms with Crippen LogP contribution in [0.15, 0.2) is 58.8 Å². The van der Waals surface area contributed by atoms with E-state index in [0.717, 1.165) is 34.6 Å². The number of carbonyl (C=O) groups is 1. The first-order valence-corrected chi connectivity index (χ1v) is 10.4. The number of nitrogens with one attached hydrogen (secondary N) is 1. The van der Waals surface area contributed by atoms with Gasteiger partial charge in [-0.1, -0.05) is 47.9 Å². The number of ether oxygens (including phenoxy) is 1. The number of urea groups is 1. The third kappa shape index (κ3) is 4.14. The summed E-state index contributed by atoms with van der Waals surface area (Å²) in [5.74, 6) is 1.53. The van der Waals surface area contributed by atoms with Gasteiger partial charge in [-0.05, 0) is 43.2 Å². The summed E-state index contributed by atoms with van der Waals surface area (Å²) >= 11 is 6.11. The quantitative estimate of drug-likeness (QED) is 0.564. The highest BCUT2D eigenvalue weighted by Crippen LogP contribution is 2.37. The minimum Gasteiger partial charge on any atom is -0.497 e. The second-order valence-electron chi connectivity index (χ2n) is 7.24. The van der Waals surface area contributed by atoms with Crippen molar-refractivity contribution < 1.29 is 14.1 Å². The lowest BCUT2D eigenvalue weighted by molar-refractivity contribution is 0.205. The molecule has 0 spiro atoms. The fourth-order valence-corrected chi connectivity index (χ4v) is 3.87. The fourth-order valence-electron chi connectivity index (χ4n) is 3.68. The molecule has 1 aliphatic rings. The molecule has 1 N–H and O–H groups in total. The van der Waals surface area contributed by atoms with Crippen molar-refractivity contribution in [2.24, 2.45) is 0 Å². The average molecular weight is 439 g/mol. The van der Waals surface area contributed by atoms with Gasteiger partial charge in [0.2, 0.25) is 5.82 Å². The van der Waals surface area contributed by atoms with Crippen LogP contribution in [0, 0.1) is 0 Å². The standard InChI is InChI=1S/C23H23ClN4O3/c1-4-12-28-14(2)19(20(25-23(28)29)15-8-10-18(30-3)11-9-15)22-26-21(27-31-22)16-6-5-7-17(24)13-16/h5-11,13,20H,4,12H2,1-3H3,(H,25,29). The number of hydrogen-bond donors (Lipinski definition) is 1. The predicted molar refractivity (Wildman–Crippen MR) is 119 cm³/mol. The van der Waals surface area contributed by atoms with Crippen molar-refractivity contribution in [3.63, 3.8) is 0 Å². The van der Waals surface area contributed by atoms with E-state index < -0.39 is 6.04 Å². The maximum atomic E-state index is 12.8. The summed E-state index contributed by atoms with van der Waals surface area (Å²) in [5.41, 5.74) is 3.20. The summed E-state index contributed by atoms with van der Waals surface area (Å²) < 4.78 is 10.9. The van der Waals surface area contributed by atoms with E-state index >= 15 is 0 Å². The topological polar surface area (TPSA) is 80.5 Å². The van der Waals surface area contributed by atoms with Crippen LogP contribution in [0.3, 0.4) is 0 Å². The van der Waals surface area contributed by atoms with E-state index in [-0.39, 0.29) is 6.03 Å². The molecule has 0 saturated heterocycles. The molecule has 160 valence electrons. The molecule has 2 aromatic carbocycles. The molecule has 0 saturated carbocycles. The highest BCUT2D eigenvalue weighted by Gasteiger charge is 2.35. The van der Waals surface area contributed by atoms with Gasteiger partial charge in [0.25, 0.3) is 5.89 Å². The summed E-state index contributed by atoms with van der Waals surface area (Å²) in [7, 11) is 1.62. The third-order valence-electron chi connectivity index (χ3n) is 5.23. The predicted octanol–water partition coefficient (Wildman–Crippen LogP) is 5.31. The molecule has 8 heteroatoms. The smallest absolute Gasteiger partial charge is 0.322 e. The molecule has 0 fully saturated rings. The molecule has 31 heavy (non-hydrogen) atoms. The van der Waals surface area contributed by atoms with Gasteiger partial charge < -0.3 is 14.6 Å². The van der Waals surface area contributed by atoms with E-state index in [1.54, 1.807) is 24.1 Å². The molecule has 0 radical (unpaired) electrons. The van der Waals surface area contributed by atoms with Gasteiger partial charge in [0.05, 0.1) is 18.7 Å². The number of rotatable bonds is 6. The van der Waals surface area contributed by atoms with Gasteiger partial charge in [-0.25, -0.2) is 4.79 Å². The molecule has 1 atom stereocenters. The Kier molecular flexibility index (Phi) is 5.95. The van der Waals surface area contributed by atoms with Crippen molar-refractivity contribution in [2.75, 3.05) is 13.7 Å². The number of benzene rings is 2. The van der Waals surface area contributed by atoms with Crippen LogP contribution < -0.4 is 10.1 Å². The Balaban J connectivity index is 1.80. The Labute approximate surface area is 185 Å². The molecule has 1 unspecified atom stereocenters. The van der Waals surface area contributed by atoms with Gasteiger partial charge in [-0.3, -0.25) is 4.90 Å². The van der Waals surface area contributed by atoms with Crippen LogP contribution in [0.2, 0.25) is 5.02 Å². The molecule has 4 rings (SSSR count). The van der Waals surface area contributed by atoms with Crippen molar-refractivity contribution in [3.05, 3.63) is 70.7 Å². The molecule has 2 amide bonds. The fraction of sp³-hybridized carbons (Fsp3) is 0.261. The van der Waals surface area contributed by atoms with Crippen LogP contribution in [0.5, 0.6) is 5.75 Å². The second-order valence-corrected chi connectivity index (χ2v) is 7.68. The molecule has 3 aromatic rings. The second kappa shape index (κ2) is 8.81. The Morgan fingerprint density at radius 2 is 2.00 bits per heavy atom. The van der Waals surface area contributed by atoms with Crippen molar-refractivity contribution in [3.8, 4) is 17.1 Å². The van der Waals surface area contributed by atoms with Gasteiger partial charge >= 0.3 is 6.03 Å². The number of halogens is 1. The first-order chi connectivity index (χ1) is 15.0. The normalized spacial score (nSPS) is 16.5. The summed E-state index contributed by atoms with van der Waals surface area (Å²) in [4.78, 5) is 19.2. The van der Waals surface area contributed by atoms with E-state index in [1.165, 1.54) is 0 Å². The highest BCUT2D eigenvalue weighted by molar-refractivity contribution is 6.30. The number of nitrogens with zero attached hydrogens (tertiary/aromatic N) is 3. The lowest BCUT2D eigenvalue weighted by Gasteiger charge is -2.35. The van der Waals surface area contributed by atoms with Gasteiger partial charge in [-0.2, -0.15) is 4.98 Å². The van der Waals surface area contributed by atoms with Crippen LogP contribution in [0.4, 0.5) is 4.79 Å². The molecule has 0 bridgehead atoms. The number of aromatic nitrogens is 2. The average Bonchev–Trinajstić information content (AvgIpc) is 3.26. The zero-order valence-corrected chi connectivity index (χ0v) is 18.3. The van der Waals surface area contributed by atoms with Gasteiger partial charge in [0.15, 0.2) is 0 Å².